The van der Waals surface area contributed by atoms with Gasteiger partial charge in [0.1, 0.15) is 5.15 Å². The van der Waals surface area contributed by atoms with Gasteiger partial charge in [-0.15, -0.1) is 0 Å². The van der Waals surface area contributed by atoms with Crippen molar-refractivity contribution in [3.63, 3.8) is 0 Å². The third-order valence-electron chi connectivity index (χ3n) is 2.32. The molecule has 0 saturated heterocycles. The first-order valence-electron chi connectivity index (χ1n) is 4.25. The average molecular weight is 309 g/mol. The van der Waals surface area contributed by atoms with Gasteiger partial charge in [-0.05, 0) is 47.4 Å². The van der Waals surface area contributed by atoms with Gasteiger partial charge in [-0.25, -0.2) is 4.98 Å². The van der Waals surface area contributed by atoms with E-state index in [0.29, 0.717) is 11.1 Å². The lowest BCUT2D eigenvalue weighted by Gasteiger charge is -2.11. The summed E-state index contributed by atoms with van der Waals surface area (Å²) in [6, 6.07) is 2.11. The molecular formula is C9H10ClIN2. The number of pyridine rings is 1. The van der Waals surface area contributed by atoms with Gasteiger partial charge >= 0.3 is 0 Å². The van der Waals surface area contributed by atoms with Gasteiger partial charge in [-0.2, -0.15) is 0 Å². The molecule has 0 radical (unpaired) electrons. The fourth-order valence-electron chi connectivity index (χ4n) is 1.38. The fraction of sp³-hybridized carbons (Fsp3) is 0.444. The molecule has 1 aromatic heterocycles. The van der Waals surface area contributed by atoms with Crippen molar-refractivity contribution in [1.82, 2.24) is 4.98 Å². The van der Waals surface area contributed by atoms with Crippen LogP contribution in [0.5, 0.6) is 0 Å². The molecule has 0 spiro atoms. The molecule has 2 rings (SSSR count). The maximum absolute atomic E-state index is 6.04. The summed E-state index contributed by atoms with van der Waals surface area (Å²) in [5.74, 6) is 0.623. The molecule has 1 saturated carbocycles. The third kappa shape index (κ3) is 2.14. The normalized spacial score (nSPS) is 18.7. The average Bonchev–Trinajstić information content (AvgIpc) is 2.91. The third-order valence-corrected chi connectivity index (χ3v) is 3.23. The Morgan fingerprint density at radius 1 is 1.62 bits per heavy atom. The first-order chi connectivity index (χ1) is 6.18. The zero-order valence-electron chi connectivity index (χ0n) is 7.00. The summed E-state index contributed by atoms with van der Waals surface area (Å²) in [5, 5.41) is 0.555. The van der Waals surface area contributed by atoms with Crippen LogP contribution in [0.15, 0.2) is 12.3 Å². The summed E-state index contributed by atoms with van der Waals surface area (Å²) in [7, 11) is 0. The highest BCUT2D eigenvalue weighted by Crippen LogP contribution is 2.41. The molecule has 1 atom stereocenters. The van der Waals surface area contributed by atoms with E-state index in [9.17, 15) is 0 Å². The van der Waals surface area contributed by atoms with Crippen molar-refractivity contribution in [3.8, 4) is 0 Å². The predicted octanol–water partition coefficient (Wildman–Crippen LogP) is 2.75. The molecule has 0 unspecified atom stereocenters. The maximum Gasteiger partial charge on any atom is 0.133 e. The van der Waals surface area contributed by atoms with E-state index < -0.39 is 0 Å². The summed E-state index contributed by atoms with van der Waals surface area (Å²) in [4.78, 5) is 4.09. The minimum atomic E-state index is 0.0784. The van der Waals surface area contributed by atoms with Gasteiger partial charge in [0.15, 0.2) is 0 Å². The molecule has 1 aliphatic rings. The van der Waals surface area contributed by atoms with Gasteiger partial charge in [0.2, 0.25) is 0 Å². The van der Waals surface area contributed by atoms with Gasteiger partial charge in [-0.1, -0.05) is 11.6 Å². The van der Waals surface area contributed by atoms with Crippen LogP contribution in [0.2, 0.25) is 5.15 Å². The lowest BCUT2D eigenvalue weighted by Crippen LogP contribution is -2.13. The molecule has 0 amide bonds. The number of nitrogens with zero attached hydrogens (tertiary/aromatic N) is 1. The smallest absolute Gasteiger partial charge is 0.133 e. The van der Waals surface area contributed by atoms with Gasteiger partial charge in [0, 0.05) is 21.4 Å². The van der Waals surface area contributed by atoms with Crippen molar-refractivity contribution in [1.29, 1.82) is 0 Å². The van der Waals surface area contributed by atoms with Crippen LogP contribution in [0.25, 0.3) is 0 Å². The van der Waals surface area contributed by atoms with Crippen LogP contribution < -0.4 is 5.73 Å². The Labute approximate surface area is 96.0 Å². The highest BCUT2D eigenvalue weighted by atomic mass is 127. The van der Waals surface area contributed by atoms with E-state index in [1.165, 1.54) is 12.8 Å². The molecule has 1 heterocycles. The van der Waals surface area contributed by atoms with E-state index in [1.54, 1.807) is 6.20 Å². The summed E-state index contributed by atoms with van der Waals surface area (Å²) in [6.45, 7) is 0. The number of rotatable bonds is 2. The van der Waals surface area contributed by atoms with E-state index >= 15 is 0 Å². The molecule has 1 aliphatic carbocycles. The Balaban J connectivity index is 2.31. The Kier molecular flexibility index (Phi) is 2.76. The zero-order valence-corrected chi connectivity index (χ0v) is 9.92. The fourth-order valence-corrected chi connectivity index (χ4v) is 2.09. The number of hydrogen-bond acceptors (Lipinski definition) is 2. The Morgan fingerprint density at radius 3 is 2.92 bits per heavy atom. The first kappa shape index (κ1) is 9.68. The van der Waals surface area contributed by atoms with Crippen LogP contribution in [0.4, 0.5) is 0 Å². The van der Waals surface area contributed by atoms with Crippen LogP contribution in [-0.4, -0.2) is 4.98 Å². The second kappa shape index (κ2) is 3.71. The van der Waals surface area contributed by atoms with Crippen molar-refractivity contribution in [2.75, 3.05) is 0 Å². The Morgan fingerprint density at radius 2 is 2.31 bits per heavy atom. The number of halogens is 2. The van der Waals surface area contributed by atoms with Crippen LogP contribution >= 0.6 is 34.2 Å². The second-order valence-electron chi connectivity index (χ2n) is 3.40. The molecular weight excluding hydrogens is 298 g/mol. The molecule has 2 nitrogen and oxygen atoms in total. The summed E-state index contributed by atoms with van der Waals surface area (Å²) in [5.41, 5.74) is 7.04. The van der Waals surface area contributed by atoms with Gasteiger partial charge in [0.25, 0.3) is 0 Å². The first-order valence-corrected chi connectivity index (χ1v) is 5.70. The molecule has 0 bridgehead atoms. The minimum absolute atomic E-state index is 0.0784. The number of hydrogen-bond donors (Lipinski definition) is 1. The van der Waals surface area contributed by atoms with E-state index in [-0.39, 0.29) is 6.04 Å². The SMILES string of the molecule is N[C@@H](c1cc(I)cnc1Cl)C1CC1. The number of aromatic nitrogens is 1. The summed E-state index contributed by atoms with van der Waals surface area (Å²) >= 11 is 8.19. The summed E-state index contributed by atoms with van der Waals surface area (Å²) in [6.07, 6.45) is 4.21. The molecule has 70 valence electrons. The molecule has 4 heteroatoms. The molecule has 1 fully saturated rings. The highest BCUT2D eigenvalue weighted by molar-refractivity contribution is 14.1. The highest BCUT2D eigenvalue weighted by Gasteiger charge is 2.31. The van der Waals surface area contributed by atoms with Crippen molar-refractivity contribution in [2.24, 2.45) is 11.7 Å². The lowest BCUT2D eigenvalue weighted by atomic mass is 10.1. The quantitative estimate of drug-likeness (QED) is 0.674. The minimum Gasteiger partial charge on any atom is -0.324 e. The van der Waals surface area contributed by atoms with E-state index in [4.69, 9.17) is 17.3 Å². The lowest BCUT2D eigenvalue weighted by molar-refractivity contribution is 0.630. The standard InChI is InChI=1S/C9H10ClIN2/c10-9-7(3-6(11)4-13-9)8(12)5-1-2-5/h3-5,8H,1-2,12H2/t8-/m1/s1. The van der Waals surface area contributed by atoms with Crippen LogP contribution in [0, 0.1) is 9.49 Å². The van der Waals surface area contributed by atoms with Gasteiger partial charge < -0.3 is 5.73 Å². The predicted molar refractivity (Wildman–Crippen MR) is 61.6 cm³/mol. The second-order valence-corrected chi connectivity index (χ2v) is 5.00. The van der Waals surface area contributed by atoms with Gasteiger partial charge in [-0.3, -0.25) is 0 Å². The Hall–Kier alpha value is 0.130. The van der Waals surface area contributed by atoms with Crippen LogP contribution in [0.1, 0.15) is 24.4 Å². The molecule has 1 aromatic rings. The maximum atomic E-state index is 6.04. The van der Waals surface area contributed by atoms with Crippen molar-refractivity contribution in [3.05, 3.63) is 26.5 Å². The van der Waals surface area contributed by atoms with Crippen LogP contribution in [0.3, 0.4) is 0 Å². The van der Waals surface area contributed by atoms with Crippen molar-refractivity contribution < 1.29 is 0 Å². The summed E-state index contributed by atoms with van der Waals surface area (Å²) < 4.78 is 1.09. The zero-order chi connectivity index (χ0) is 9.42. The molecule has 13 heavy (non-hydrogen) atoms. The molecule has 0 aromatic carbocycles. The molecule has 0 aliphatic heterocycles. The Bertz CT molecular complexity index is 325. The van der Waals surface area contributed by atoms with Crippen molar-refractivity contribution >= 4 is 34.2 Å². The van der Waals surface area contributed by atoms with Gasteiger partial charge in [0.05, 0.1) is 0 Å². The van der Waals surface area contributed by atoms with E-state index in [0.717, 1.165) is 9.13 Å². The van der Waals surface area contributed by atoms with E-state index in [1.807, 2.05) is 6.07 Å². The number of nitrogens with two attached hydrogens (primary N) is 1. The van der Waals surface area contributed by atoms with E-state index in [2.05, 4.69) is 27.6 Å². The monoisotopic (exact) mass is 308 g/mol. The largest absolute Gasteiger partial charge is 0.324 e. The topological polar surface area (TPSA) is 38.9 Å². The molecule has 2 N–H and O–H groups in total. The van der Waals surface area contributed by atoms with Crippen LogP contribution in [-0.2, 0) is 0 Å². The van der Waals surface area contributed by atoms with Crippen molar-refractivity contribution in [2.45, 2.75) is 18.9 Å².